The van der Waals surface area contributed by atoms with Crippen LogP contribution in [0.15, 0.2) is 23.6 Å². The van der Waals surface area contributed by atoms with Crippen molar-refractivity contribution in [2.75, 3.05) is 39.2 Å². The minimum atomic E-state index is -0.00973. The Kier molecular flexibility index (Phi) is 5.88. The van der Waals surface area contributed by atoms with Crippen molar-refractivity contribution < 1.29 is 14.3 Å². The van der Waals surface area contributed by atoms with Crippen molar-refractivity contribution in [1.29, 1.82) is 0 Å². The third-order valence-corrected chi connectivity index (χ3v) is 5.01. The summed E-state index contributed by atoms with van der Waals surface area (Å²) < 4.78 is 10.6. The monoisotopic (exact) mass is 361 g/mol. The number of hydrogen-bond acceptors (Lipinski definition) is 6. The van der Waals surface area contributed by atoms with E-state index in [0.29, 0.717) is 17.4 Å². The first-order chi connectivity index (χ1) is 12.2. The summed E-state index contributed by atoms with van der Waals surface area (Å²) >= 11 is 1.42. The topological polar surface area (TPSA) is 63.7 Å². The highest BCUT2D eigenvalue weighted by Gasteiger charge is 2.16. The molecule has 1 amide bonds. The summed E-state index contributed by atoms with van der Waals surface area (Å²) in [4.78, 5) is 18.9. The standard InChI is InChI=1S/C18H23N3O3S/c1-23-13-6-7-14(16(10-13)24-2)15-12-25-18(19-15)20-17(22)11-21-8-4-3-5-9-21/h6-7,10,12H,3-5,8-9,11H2,1-2H3,(H,19,20,22). The third-order valence-electron chi connectivity index (χ3n) is 4.25. The second-order valence-electron chi connectivity index (χ2n) is 5.99. The smallest absolute Gasteiger partial charge is 0.240 e. The fourth-order valence-corrected chi connectivity index (χ4v) is 3.67. The lowest BCUT2D eigenvalue weighted by Gasteiger charge is -2.25. The van der Waals surface area contributed by atoms with Crippen LogP contribution in [-0.2, 0) is 4.79 Å². The molecule has 1 N–H and O–H groups in total. The van der Waals surface area contributed by atoms with E-state index in [1.54, 1.807) is 14.2 Å². The number of aromatic nitrogens is 1. The molecule has 0 unspecified atom stereocenters. The molecule has 1 fully saturated rings. The van der Waals surface area contributed by atoms with Gasteiger partial charge in [-0.2, -0.15) is 0 Å². The minimum absolute atomic E-state index is 0.00973. The molecule has 0 bridgehead atoms. The van der Waals surface area contributed by atoms with Crippen molar-refractivity contribution >= 4 is 22.4 Å². The number of benzene rings is 1. The highest BCUT2D eigenvalue weighted by molar-refractivity contribution is 7.14. The highest BCUT2D eigenvalue weighted by Crippen LogP contribution is 2.34. The molecule has 1 aromatic carbocycles. The van der Waals surface area contributed by atoms with Gasteiger partial charge in [-0.25, -0.2) is 4.98 Å². The minimum Gasteiger partial charge on any atom is -0.497 e. The Hall–Kier alpha value is -2.12. The van der Waals surface area contributed by atoms with Gasteiger partial charge < -0.3 is 14.8 Å². The predicted molar refractivity (Wildman–Crippen MR) is 99.6 cm³/mol. The van der Waals surface area contributed by atoms with Gasteiger partial charge in [0.15, 0.2) is 5.13 Å². The summed E-state index contributed by atoms with van der Waals surface area (Å²) in [5.74, 6) is 1.41. The number of piperidine rings is 1. The Morgan fingerprint density at radius 1 is 1.24 bits per heavy atom. The summed E-state index contributed by atoms with van der Waals surface area (Å²) in [5.41, 5.74) is 1.65. The molecule has 25 heavy (non-hydrogen) atoms. The van der Waals surface area contributed by atoms with E-state index < -0.39 is 0 Å². The Labute approximate surface area is 151 Å². The molecule has 134 valence electrons. The fraction of sp³-hybridized carbons (Fsp3) is 0.444. The van der Waals surface area contributed by atoms with Crippen LogP contribution < -0.4 is 14.8 Å². The average molecular weight is 361 g/mol. The lowest BCUT2D eigenvalue weighted by atomic mass is 10.1. The lowest BCUT2D eigenvalue weighted by molar-refractivity contribution is -0.117. The van der Waals surface area contributed by atoms with Gasteiger partial charge in [0.2, 0.25) is 5.91 Å². The zero-order chi connectivity index (χ0) is 17.6. The second-order valence-corrected chi connectivity index (χ2v) is 6.85. The molecule has 7 heteroatoms. The Balaban J connectivity index is 1.67. The van der Waals surface area contributed by atoms with Gasteiger partial charge in [0.1, 0.15) is 11.5 Å². The molecule has 6 nitrogen and oxygen atoms in total. The van der Waals surface area contributed by atoms with Crippen LogP contribution in [-0.4, -0.2) is 49.6 Å². The molecule has 0 spiro atoms. The Morgan fingerprint density at radius 2 is 2.04 bits per heavy atom. The van der Waals surface area contributed by atoms with Crippen LogP contribution in [0.4, 0.5) is 5.13 Å². The summed E-state index contributed by atoms with van der Waals surface area (Å²) in [6.07, 6.45) is 3.61. The molecule has 1 aliphatic rings. The SMILES string of the molecule is COc1ccc(-c2csc(NC(=O)CN3CCCCC3)n2)c(OC)c1. The fourth-order valence-electron chi connectivity index (χ4n) is 2.94. The van der Waals surface area contributed by atoms with Crippen molar-refractivity contribution in [3.63, 3.8) is 0 Å². The van der Waals surface area contributed by atoms with E-state index >= 15 is 0 Å². The van der Waals surface area contributed by atoms with Gasteiger partial charge in [-0.1, -0.05) is 6.42 Å². The number of nitrogens with one attached hydrogen (secondary N) is 1. The number of ether oxygens (including phenoxy) is 2. The average Bonchev–Trinajstić information content (AvgIpc) is 3.10. The molecule has 0 saturated carbocycles. The Morgan fingerprint density at radius 3 is 2.76 bits per heavy atom. The molecule has 0 aliphatic carbocycles. The number of thiazole rings is 1. The van der Waals surface area contributed by atoms with Crippen molar-refractivity contribution in [1.82, 2.24) is 9.88 Å². The summed E-state index contributed by atoms with van der Waals surface area (Å²) in [6.45, 7) is 2.43. The molecule has 1 aliphatic heterocycles. The first-order valence-electron chi connectivity index (χ1n) is 8.39. The van der Waals surface area contributed by atoms with Crippen LogP contribution in [0.1, 0.15) is 19.3 Å². The van der Waals surface area contributed by atoms with E-state index in [0.717, 1.165) is 30.1 Å². The van der Waals surface area contributed by atoms with Gasteiger partial charge in [-0.3, -0.25) is 9.69 Å². The first-order valence-corrected chi connectivity index (χ1v) is 9.27. The molecule has 1 saturated heterocycles. The van der Waals surface area contributed by atoms with E-state index in [1.165, 1.54) is 30.6 Å². The number of methoxy groups -OCH3 is 2. The van der Waals surface area contributed by atoms with Crippen LogP contribution in [0, 0.1) is 0 Å². The van der Waals surface area contributed by atoms with Crippen molar-refractivity contribution in [2.45, 2.75) is 19.3 Å². The number of carbonyl (C=O) groups excluding carboxylic acids is 1. The van der Waals surface area contributed by atoms with Crippen LogP contribution in [0.3, 0.4) is 0 Å². The van der Waals surface area contributed by atoms with Gasteiger partial charge in [-0.05, 0) is 38.1 Å². The Bertz CT molecular complexity index is 726. The number of rotatable bonds is 6. The summed E-state index contributed by atoms with van der Waals surface area (Å²) in [5, 5.41) is 5.42. The van der Waals surface area contributed by atoms with Gasteiger partial charge >= 0.3 is 0 Å². The van der Waals surface area contributed by atoms with E-state index in [2.05, 4.69) is 15.2 Å². The number of anilines is 1. The quantitative estimate of drug-likeness (QED) is 0.856. The van der Waals surface area contributed by atoms with E-state index in [1.807, 2.05) is 23.6 Å². The van der Waals surface area contributed by atoms with Crippen molar-refractivity contribution in [3.8, 4) is 22.8 Å². The number of hydrogen-bond donors (Lipinski definition) is 1. The normalized spacial score (nSPS) is 15.0. The van der Waals surface area contributed by atoms with Gasteiger partial charge in [0.05, 0.1) is 26.5 Å². The van der Waals surface area contributed by atoms with Crippen molar-refractivity contribution in [3.05, 3.63) is 23.6 Å². The maximum Gasteiger partial charge on any atom is 0.240 e. The molecule has 1 aromatic heterocycles. The largest absolute Gasteiger partial charge is 0.497 e. The van der Waals surface area contributed by atoms with Crippen molar-refractivity contribution in [2.24, 2.45) is 0 Å². The number of carbonyl (C=O) groups is 1. The zero-order valence-corrected chi connectivity index (χ0v) is 15.4. The number of nitrogens with zero attached hydrogens (tertiary/aromatic N) is 2. The molecular weight excluding hydrogens is 338 g/mol. The molecule has 3 rings (SSSR count). The third kappa shape index (κ3) is 4.49. The predicted octanol–water partition coefficient (Wildman–Crippen LogP) is 3.25. The lowest BCUT2D eigenvalue weighted by Crippen LogP contribution is -2.36. The van der Waals surface area contributed by atoms with Crippen LogP contribution in [0.5, 0.6) is 11.5 Å². The molecule has 2 heterocycles. The van der Waals surface area contributed by atoms with E-state index in [9.17, 15) is 4.79 Å². The summed E-state index contributed by atoms with van der Waals surface area (Å²) in [7, 11) is 3.24. The van der Waals surface area contributed by atoms with E-state index in [-0.39, 0.29) is 5.91 Å². The first kappa shape index (κ1) is 17.7. The summed E-state index contributed by atoms with van der Waals surface area (Å²) in [6, 6.07) is 5.60. The maximum absolute atomic E-state index is 12.2. The molecule has 0 atom stereocenters. The number of likely N-dealkylation sites (tertiary alicyclic amines) is 1. The van der Waals surface area contributed by atoms with Gasteiger partial charge in [-0.15, -0.1) is 11.3 Å². The number of amides is 1. The molecule has 0 radical (unpaired) electrons. The molecule has 2 aromatic rings. The zero-order valence-electron chi connectivity index (χ0n) is 14.6. The van der Waals surface area contributed by atoms with Crippen LogP contribution in [0.2, 0.25) is 0 Å². The van der Waals surface area contributed by atoms with Gasteiger partial charge in [0, 0.05) is 17.0 Å². The van der Waals surface area contributed by atoms with E-state index in [4.69, 9.17) is 9.47 Å². The highest BCUT2D eigenvalue weighted by atomic mass is 32.1. The van der Waals surface area contributed by atoms with Gasteiger partial charge in [0.25, 0.3) is 0 Å². The van der Waals surface area contributed by atoms with Crippen LogP contribution >= 0.6 is 11.3 Å². The second kappa shape index (κ2) is 8.31. The van der Waals surface area contributed by atoms with Crippen LogP contribution in [0.25, 0.3) is 11.3 Å². The molecular formula is C18H23N3O3S. The maximum atomic E-state index is 12.2.